The largest absolute Gasteiger partial charge is 0.508 e. The number of nitrogens with zero attached hydrogens (tertiary/aromatic N) is 1. The molecule has 1 aliphatic heterocycles. The van der Waals surface area contributed by atoms with Crippen molar-refractivity contribution in [2.24, 2.45) is 5.92 Å². The van der Waals surface area contributed by atoms with Crippen molar-refractivity contribution in [3.05, 3.63) is 29.8 Å². The molecular weight excluding hydrogens is 308 g/mol. The van der Waals surface area contributed by atoms with Crippen molar-refractivity contribution in [1.29, 1.82) is 0 Å². The summed E-state index contributed by atoms with van der Waals surface area (Å²) < 4.78 is 0. The molecule has 1 aromatic rings. The van der Waals surface area contributed by atoms with Crippen LogP contribution in [0.5, 0.6) is 5.75 Å². The zero-order valence-electron chi connectivity index (χ0n) is 14.3. The molecule has 128 valence electrons. The van der Waals surface area contributed by atoms with Gasteiger partial charge in [0, 0.05) is 30.8 Å². The van der Waals surface area contributed by atoms with Gasteiger partial charge in [-0.05, 0) is 49.8 Å². The molecule has 0 bridgehead atoms. The number of aromatic hydroxyl groups is 1. The number of nitrogens with one attached hydrogen (secondary N) is 1. The maximum Gasteiger partial charge on any atom is 0.226 e. The topological polar surface area (TPSA) is 52.6 Å². The van der Waals surface area contributed by atoms with E-state index in [9.17, 15) is 9.90 Å². The fourth-order valence-corrected chi connectivity index (χ4v) is 4.40. The Labute approximate surface area is 143 Å². The van der Waals surface area contributed by atoms with Crippen molar-refractivity contribution in [2.75, 3.05) is 26.4 Å². The second-order valence-electron chi connectivity index (χ2n) is 6.37. The highest BCUT2D eigenvalue weighted by molar-refractivity contribution is 7.99. The smallest absolute Gasteiger partial charge is 0.226 e. The van der Waals surface area contributed by atoms with Gasteiger partial charge in [-0.1, -0.05) is 19.1 Å². The van der Waals surface area contributed by atoms with E-state index in [1.165, 1.54) is 6.42 Å². The monoisotopic (exact) mass is 336 g/mol. The molecule has 0 unspecified atom stereocenters. The van der Waals surface area contributed by atoms with E-state index in [0.29, 0.717) is 17.8 Å². The summed E-state index contributed by atoms with van der Waals surface area (Å²) in [6.45, 7) is 3.79. The molecule has 1 heterocycles. The lowest BCUT2D eigenvalue weighted by atomic mass is 9.98. The van der Waals surface area contributed by atoms with E-state index >= 15 is 0 Å². The second kappa shape index (κ2) is 8.60. The van der Waals surface area contributed by atoms with Crippen LogP contribution < -0.4 is 5.32 Å². The van der Waals surface area contributed by atoms with Gasteiger partial charge in [-0.15, -0.1) is 0 Å². The summed E-state index contributed by atoms with van der Waals surface area (Å²) in [5.41, 5.74) is 1.05. The Morgan fingerprint density at radius 3 is 2.91 bits per heavy atom. The zero-order valence-corrected chi connectivity index (χ0v) is 15.1. The molecule has 1 aliphatic rings. The first-order chi connectivity index (χ1) is 11.0. The lowest BCUT2D eigenvalue weighted by Gasteiger charge is -2.30. The number of phenolic OH excluding ortho intramolecular Hbond substituents is 1. The molecule has 0 aliphatic carbocycles. The maximum atomic E-state index is 12.7. The molecule has 23 heavy (non-hydrogen) atoms. The first kappa shape index (κ1) is 18.1. The Morgan fingerprint density at radius 1 is 1.52 bits per heavy atom. The van der Waals surface area contributed by atoms with Crippen LogP contribution in [0.2, 0.25) is 0 Å². The van der Waals surface area contributed by atoms with Crippen LogP contribution in [-0.4, -0.2) is 53.6 Å². The average Bonchev–Trinajstić information content (AvgIpc) is 3.06. The van der Waals surface area contributed by atoms with Crippen molar-refractivity contribution in [3.63, 3.8) is 0 Å². The van der Waals surface area contributed by atoms with Crippen LogP contribution >= 0.6 is 11.8 Å². The number of thioether (sulfide) groups is 1. The number of rotatable bonds is 7. The lowest BCUT2D eigenvalue weighted by molar-refractivity contribution is -0.133. The van der Waals surface area contributed by atoms with E-state index in [4.69, 9.17) is 0 Å². The zero-order chi connectivity index (χ0) is 16.8. The van der Waals surface area contributed by atoms with Gasteiger partial charge in [0.1, 0.15) is 5.75 Å². The predicted octanol–water partition coefficient (Wildman–Crippen LogP) is 2.51. The number of likely N-dealkylation sites (N-methyl/N-ethyl adjacent to an activating group) is 1. The van der Waals surface area contributed by atoms with Gasteiger partial charge >= 0.3 is 0 Å². The molecule has 1 aromatic carbocycles. The highest BCUT2D eigenvalue weighted by atomic mass is 32.2. The summed E-state index contributed by atoms with van der Waals surface area (Å²) in [7, 11) is 1.88. The van der Waals surface area contributed by atoms with Crippen molar-refractivity contribution in [2.45, 2.75) is 37.5 Å². The van der Waals surface area contributed by atoms with Gasteiger partial charge in [0.25, 0.3) is 0 Å². The average molecular weight is 337 g/mol. The molecule has 1 saturated heterocycles. The van der Waals surface area contributed by atoms with E-state index in [2.05, 4.69) is 11.6 Å². The SMILES string of the molecule is CS[C@@H]([C@@H]1CCCN1)[C@@H](C)C(=O)N(C)CCc1cccc(O)c1. The fourth-order valence-electron chi connectivity index (χ4n) is 3.32. The fraction of sp³-hybridized carbons (Fsp3) is 0.611. The van der Waals surface area contributed by atoms with Crippen LogP contribution in [0.25, 0.3) is 0 Å². The molecular formula is C18H28N2O2S. The predicted molar refractivity (Wildman–Crippen MR) is 96.9 cm³/mol. The van der Waals surface area contributed by atoms with Gasteiger partial charge in [0.05, 0.1) is 0 Å². The summed E-state index contributed by atoms with van der Waals surface area (Å²) in [5.74, 6) is 0.493. The van der Waals surface area contributed by atoms with Crippen molar-refractivity contribution < 1.29 is 9.90 Å². The molecule has 0 aromatic heterocycles. The Kier molecular flexibility index (Phi) is 6.78. The normalized spacial score (nSPS) is 20.2. The number of carbonyl (C=O) groups excluding carboxylic acids is 1. The molecule has 3 atom stereocenters. The van der Waals surface area contributed by atoms with E-state index in [0.717, 1.165) is 24.9 Å². The van der Waals surface area contributed by atoms with E-state index in [1.54, 1.807) is 23.9 Å². The third kappa shape index (κ3) is 4.88. The Hall–Kier alpha value is -1.20. The molecule has 2 N–H and O–H groups in total. The summed E-state index contributed by atoms with van der Waals surface area (Å²) in [4.78, 5) is 14.5. The Balaban J connectivity index is 1.89. The van der Waals surface area contributed by atoms with Gasteiger partial charge in [0.15, 0.2) is 0 Å². The summed E-state index contributed by atoms with van der Waals surface area (Å²) in [5, 5.41) is 13.4. The number of carbonyl (C=O) groups is 1. The molecule has 2 rings (SSSR count). The quantitative estimate of drug-likeness (QED) is 0.803. The van der Waals surface area contributed by atoms with Crippen LogP contribution in [0, 0.1) is 5.92 Å². The van der Waals surface area contributed by atoms with Crippen LogP contribution in [0.1, 0.15) is 25.3 Å². The first-order valence-electron chi connectivity index (χ1n) is 8.32. The van der Waals surface area contributed by atoms with Crippen molar-refractivity contribution in [1.82, 2.24) is 10.2 Å². The molecule has 0 spiro atoms. The van der Waals surface area contributed by atoms with Crippen LogP contribution in [-0.2, 0) is 11.2 Å². The van der Waals surface area contributed by atoms with E-state index in [-0.39, 0.29) is 17.6 Å². The highest BCUT2D eigenvalue weighted by Crippen LogP contribution is 2.27. The first-order valence-corrected chi connectivity index (χ1v) is 9.60. The summed E-state index contributed by atoms with van der Waals surface area (Å²) in [6.07, 6.45) is 5.22. The summed E-state index contributed by atoms with van der Waals surface area (Å²) >= 11 is 1.79. The second-order valence-corrected chi connectivity index (χ2v) is 7.39. The minimum absolute atomic E-state index is 0.00905. The number of hydrogen-bond acceptors (Lipinski definition) is 4. The van der Waals surface area contributed by atoms with Gasteiger partial charge < -0.3 is 15.3 Å². The molecule has 0 saturated carbocycles. The van der Waals surface area contributed by atoms with E-state index < -0.39 is 0 Å². The molecule has 1 fully saturated rings. The van der Waals surface area contributed by atoms with Crippen LogP contribution in [0.3, 0.4) is 0 Å². The number of benzene rings is 1. The number of phenols is 1. The molecule has 1 amide bonds. The van der Waals surface area contributed by atoms with E-state index in [1.807, 2.05) is 31.0 Å². The van der Waals surface area contributed by atoms with Gasteiger partial charge in [0.2, 0.25) is 5.91 Å². The van der Waals surface area contributed by atoms with Gasteiger partial charge in [-0.3, -0.25) is 4.79 Å². The summed E-state index contributed by atoms with van der Waals surface area (Å²) in [6, 6.07) is 7.69. The number of hydrogen-bond donors (Lipinski definition) is 2. The van der Waals surface area contributed by atoms with Gasteiger partial charge in [-0.25, -0.2) is 0 Å². The van der Waals surface area contributed by atoms with Crippen LogP contribution in [0.15, 0.2) is 24.3 Å². The van der Waals surface area contributed by atoms with Gasteiger partial charge in [-0.2, -0.15) is 11.8 Å². The minimum atomic E-state index is 0.00905. The Bertz CT molecular complexity index is 517. The minimum Gasteiger partial charge on any atom is -0.508 e. The molecule has 5 heteroatoms. The number of amides is 1. The third-order valence-corrected chi connectivity index (χ3v) is 5.95. The third-order valence-electron chi connectivity index (χ3n) is 4.67. The molecule has 0 radical (unpaired) electrons. The highest BCUT2D eigenvalue weighted by Gasteiger charge is 2.33. The van der Waals surface area contributed by atoms with Crippen molar-refractivity contribution >= 4 is 17.7 Å². The standard InChI is InChI=1S/C18H28N2O2S/c1-13(17(23-3)16-8-5-10-19-16)18(22)20(2)11-9-14-6-4-7-15(21)12-14/h4,6-7,12-13,16-17,19,21H,5,8-11H2,1-3H3/t13-,16+,17-/m1/s1. The lowest BCUT2D eigenvalue weighted by Crippen LogP contribution is -2.44. The maximum absolute atomic E-state index is 12.7. The van der Waals surface area contributed by atoms with Crippen LogP contribution in [0.4, 0.5) is 0 Å². The van der Waals surface area contributed by atoms with Crippen molar-refractivity contribution in [3.8, 4) is 5.75 Å². The molecule has 4 nitrogen and oxygen atoms in total. The Morgan fingerprint density at radius 2 is 2.30 bits per heavy atom.